The van der Waals surface area contributed by atoms with Crippen LogP contribution in [0.5, 0.6) is 5.75 Å². The lowest BCUT2D eigenvalue weighted by atomic mass is 10.3. The molecule has 0 aliphatic rings. The molecule has 25 heavy (non-hydrogen) atoms. The number of likely N-dealkylation sites (N-methyl/N-ethyl adjacent to an activating group) is 1. The van der Waals surface area contributed by atoms with Gasteiger partial charge in [-0.05, 0) is 30.3 Å². The number of nitrogens with one attached hydrogen (secondary N) is 2. The van der Waals surface area contributed by atoms with E-state index in [1.54, 1.807) is 36.4 Å². The zero-order valence-corrected chi connectivity index (χ0v) is 15.2. The average molecular weight is 382 g/mol. The Hall–Kier alpha value is -2.44. The van der Waals surface area contributed by atoms with Crippen molar-refractivity contribution in [3.8, 4) is 5.75 Å². The van der Waals surface area contributed by atoms with E-state index in [2.05, 4.69) is 10.6 Å². The third-order valence-electron chi connectivity index (χ3n) is 3.28. The first-order valence-electron chi connectivity index (χ1n) is 7.30. The Morgan fingerprint density at radius 2 is 1.80 bits per heavy atom. The Morgan fingerprint density at radius 3 is 2.48 bits per heavy atom. The minimum Gasteiger partial charge on any atom is -0.495 e. The predicted molar refractivity (Wildman–Crippen MR) is 99.7 cm³/mol. The molecule has 0 bridgehead atoms. The molecule has 0 atom stereocenters. The number of ether oxygens (including phenoxy) is 1. The minimum absolute atomic E-state index is 0.138. The Labute approximate surface area is 155 Å². The number of amides is 3. The van der Waals surface area contributed by atoms with Gasteiger partial charge in [-0.15, -0.1) is 0 Å². The number of anilines is 2. The molecule has 6 nitrogen and oxygen atoms in total. The lowest BCUT2D eigenvalue weighted by molar-refractivity contribution is -0.116. The van der Waals surface area contributed by atoms with Gasteiger partial charge >= 0.3 is 6.03 Å². The first kappa shape index (κ1) is 18.9. The van der Waals surface area contributed by atoms with Gasteiger partial charge < -0.3 is 20.3 Å². The molecule has 2 rings (SSSR count). The number of methoxy groups -OCH3 is 1. The van der Waals surface area contributed by atoms with Crippen molar-refractivity contribution in [3.63, 3.8) is 0 Å². The molecule has 0 aliphatic carbocycles. The van der Waals surface area contributed by atoms with Gasteiger partial charge in [-0.3, -0.25) is 4.79 Å². The Balaban J connectivity index is 1.93. The van der Waals surface area contributed by atoms with E-state index >= 15 is 0 Å². The van der Waals surface area contributed by atoms with Crippen molar-refractivity contribution in [3.05, 3.63) is 52.5 Å². The fourth-order valence-corrected chi connectivity index (χ4v) is 2.32. The third-order valence-corrected chi connectivity index (χ3v) is 4.02. The second-order valence-electron chi connectivity index (χ2n) is 5.16. The van der Waals surface area contributed by atoms with E-state index in [1.807, 2.05) is 0 Å². The van der Waals surface area contributed by atoms with Crippen molar-refractivity contribution < 1.29 is 14.3 Å². The quantitative estimate of drug-likeness (QED) is 0.818. The van der Waals surface area contributed by atoms with Gasteiger partial charge in [-0.1, -0.05) is 35.3 Å². The number of hydrogen-bond acceptors (Lipinski definition) is 3. The number of halogens is 2. The SMILES string of the molecule is COc1ccccc1NC(=O)N(C)CC(=O)Nc1ccc(Cl)c(Cl)c1. The summed E-state index contributed by atoms with van der Waals surface area (Å²) in [7, 11) is 3.03. The maximum absolute atomic E-state index is 12.2. The maximum atomic E-state index is 12.2. The van der Waals surface area contributed by atoms with Gasteiger partial charge in [0.15, 0.2) is 0 Å². The van der Waals surface area contributed by atoms with E-state index in [0.29, 0.717) is 27.2 Å². The van der Waals surface area contributed by atoms with E-state index < -0.39 is 6.03 Å². The normalized spacial score (nSPS) is 10.1. The van der Waals surface area contributed by atoms with Crippen LogP contribution in [0.15, 0.2) is 42.5 Å². The van der Waals surface area contributed by atoms with E-state index in [-0.39, 0.29) is 12.5 Å². The van der Waals surface area contributed by atoms with Crippen LogP contribution < -0.4 is 15.4 Å². The molecular formula is C17H17Cl2N3O3. The molecule has 2 aromatic carbocycles. The van der Waals surface area contributed by atoms with Crippen LogP contribution in [0, 0.1) is 0 Å². The van der Waals surface area contributed by atoms with Gasteiger partial charge in [0.25, 0.3) is 0 Å². The molecular weight excluding hydrogens is 365 g/mol. The van der Waals surface area contributed by atoms with Gasteiger partial charge in [0.2, 0.25) is 5.91 Å². The van der Waals surface area contributed by atoms with Crippen LogP contribution in [0.3, 0.4) is 0 Å². The summed E-state index contributed by atoms with van der Waals surface area (Å²) in [6.45, 7) is -0.138. The highest BCUT2D eigenvalue weighted by Crippen LogP contribution is 2.25. The van der Waals surface area contributed by atoms with E-state index in [4.69, 9.17) is 27.9 Å². The van der Waals surface area contributed by atoms with Gasteiger partial charge in [0.05, 0.1) is 22.8 Å². The molecule has 2 N–H and O–H groups in total. The molecule has 0 saturated carbocycles. The van der Waals surface area contributed by atoms with Crippen LogP contribution in [0.25, 0.3) is 0 Å². The van der Waals surface area contributed by atoms with Crippen LogP contribution in [0.2, 0.25) is 10.0 Å². The fraction of sp³-hybridized carbons (Fsp3) is 0.176. The smallest absolute Gasteiger partial charge is 0.322 e. The van der Waals surface area contributed by atoms with Crippen molar-refractivity contribution in [2.24, 2.45) is 0 Å². The van der Waals surface area contributed by atoms with Crippen molar-refractivity contribution in [2.45, 2.75) is 0 Å². The number of para-hydroxylation sites is 2. The highest BCUT2D eigenvalue weighted by atomic mass is 35.5. The lowest BCUT2D eigenvalue weighted by Crippen LogP contribution is -2.37. The Bertz CT molecular complexity index is 783. The molecule has 0 radical (unpaired) electrons. The molecule has 132 valence electrons. The number of nitrogens with zero attached hydrogens (tertiary/aromatic N) is 1. The minimum atomic E-state index is -0.436. The summed E-state index contributed by atoms with van der Waals surface area (Å²) in [5.41, 5.74) is 1.02. The largest absolute Gasteiger partial charge is 0.495 e. The predicted octanol–water partition coefficient (Wildman–Crippen LogP) is 4.10. The molecule has 0 heterocycles. The molecule has 0 spiro atoms. The average Bonchev–Trinajstić information content (AvgIpc) is 2.58. The Kier molecular flexibility index (Phi) is 6.50. The summed E-state index contributed by atoms with van der Waals surface area (Å²) in [5.74, 6) is 0.167. The number of carbonyl (C=O) groups is 2. The zero-order chi connectivity index (χ0) is 18.4. The van der Waals surface area contributed by atoms with Crippen LogP contribution in [-0.2, 0) is 4.79 Å². The van der Waals surface area contributed by atoms with Crippen molar-refractivity contribution >= 4 is 46.5 Å². The zero-order valence-electron chi connectivity index (χ0n) is 13.7. The highest BCUT2D eigenvalue weighted by molar-refractivity contribution is 6.42. The van der Waals surface area contributed by atoms with Crippen molar-refractivity contribution in [1.82, 2.24) is 4.90 Å². The molecule has 0 aliphatic heterocycles. The lowest BCUT2D eigenvalue weighted by Gasteiger charge is -2.18. The van der Waals surface area contributed by atoms with Crippen LogP contribution in [-0.4, -0.2) is 37.5 Å². The van der Waals surface area contributed by atoms with E-state index in [0.717, 1.165) is 0 Å². The monoisotopic (exact) mass is 381 g/mol. The molecule has 0 fully saturated rings. The molecule has 2 aromatic rings. The molecule has 0 aromatic heterocycles. The second-order valence-corrected chi connectivity index (χ2v) is 5.98. The first-order valence-corrected chi connectivity index (χ1v) is 8.06. The Morgan fingerprint density at radius 1 is 1.08 bits per heavy atom. The molecule has 0 unspecified atom stereocenters. The standard InChI is InChI=1S/C17H17Cl2N3O3/c1-22(17(24)21-14-5-3-4-6-15(14)25-2)10-16(23)20-11-7-8-12(18)13(19)9-11/h3-9H,10H2,1-2H3,(H,20,23)(H,21,24). The number of benzene rings is 2. The molecule has 8 heteroatoms. The number of hydrogen-bond donors (Lipinski definition) is 2. The number of rotatable bonds is 5. The van der Waals surface area contributed by atoms with Crippen LogP contribution in [0.1, 0.15) is 0 Å². The molecule has 3 amide bonds. The summed E-state index contributed by atoms with van der Waals surface area (Å²) < 4.78 is 5.17. The van der Waals surface area contributed by atoms with E-state index in [1.165, 1.54) is 25.1 Å². The maximum Gasteiger partial charge on any atom is 0.322 e. The van der Waals surface area contributed by atoms with Gasteiger partial charge in [0.1, 0.15) is 12.3 Å². The van der Waals surface area contributed by atoms with Crippen LogP contribution >= 0.6 is 23.2 Å². The van der Waals surface area contributed by atoms with Gasteiger partial charge in [-0.25, -0.2) is 4.79 Å². The van der Waals surface area contributed by atoms with Gasteiger partial charge in [-0.2, -0.15) is 0 Å². The summed E-state index contributed by atoms with van der Waals surface area (Å²) >= 11 is 11.7. The summed E-state index contributed by atoms with van der Waals surface area (Å²) in [6, 6.07) is 11.3. The van der Waals surface area contributed by atoms with Crippen LogP contribution in [0.4, 0.5) is 16.2 Å². The van der Waals surface area contributed by atoms with Crippen molar-refractivity contribution in [1.29, 1.82) is 0 Å². The molecule has 0 saturated heterocycles. The number of carbonyl (C=O) groups excluding carboxylic acids is 2. The third kappa shape index (κ3) is 5.27. The van der Waals surface area contributed by atoms with E-state index in [9.17, 15) is 9.59 Å². The summed E-state index contributed by atoms with van der Waals surface area (Å²) in [4.78, 5) is 25.5. The fourth-order valence-electron chi connectivity index (χ4n) is 2.02. The van der Waals surface area contributed by atoms with Gasteiger partial charge in [0, 0.05) is 12.7 Å². The highest BCUT2D eigenvalue weighted by Gasteiger charge is 2.15. The van der Waals surface area contributed by atoms with Crippen molar-refractivity contribution in [2.75, 3.05) is 31.3 Å². The number of urea groups is 1. The topological polar surface area (TPSA) is 70.7 Å². The summed E-state index contributed by atoms with van der Waals surface area (Å²) in [5, 5.41) is 6.08. The first-order chi connectivity index (χ1) is 11.9. The second kappa shape index (κ2) is 8.60. The summed E-state index contributed by atoms with van der Waals surface area (Å²) in [6.07, 6.45) is 0.